The minimum Gasteiger partial charge on any atom is -0.480 e. The van der Waals surface area contributed by atoms with Gasteiger partial charge in [-0.15, -0.1) is 0 Å². The third-order valence-electron chi connectivity index (χ3n) is 2.75. The van der Waals surface area contributed by atoms with Gasteiger partial charge in [-0.3, -0.25) is 14.9 Å². The monoisotopic (exact) mass is 264 g/mol. The Labute approximate surface area is 113 Å². The summed E-state index contributed by atoms with van der Waals surface area (Å²) < 4.78 is 0. The second-order valence-electron chi connectivity index (χ2n) is 4.86. The predicted octanol–water partition coefficient (Wildman–Crippen LogP) is 1.63. The number of benzene rings is 1. The molecule has 104 valence electrons. The summed E-state index contributed by atoms with van der Waals surface area (Å²) in [6.45, 7) is 5.53. The van der Waals surface area contributed by atoms with Crippen LogP contribution in [0.1, 0.15) is 19.4 Å². The summed E-state index contributed by atoms with van der Waals surface area (Å²) in [6.07, 6.45) is 0. The number of amides is 1. The molecule has 0 radical (unpaired) electrons. The first kappa shape index (κ1) is 15.2. The Morgan fingerprint density at radius 2 is 1.79 bits per heavy atom. The van der Waals surface area contributed by atoms with Gasteiger partial charge >= 0.3 is 5.97 Å². The molecule has 0 aromatic heterocycles. The molecule has 0 aliphatic heterocycles. The molecule has 1 amide bonds. The fourth-order valence-corrected chi connectivity index (χ4v) is 1.65. The first-order valence-corrected chi connectivity index (χ1v) is 6.23. The van der Waals surface area contributed by atoms with Gasteiger partial charge in [-0.25, -0.2) is 0 Å². The van der Waals surface area contributed by atoms with Crippen molar-refractivity contribution in [3.63, 3.8) is 0 Å². The molecular formula is C14H20N2O3. The lowest BCUT2D eigenvalue weighted by Crippen LogP contribution is -2.44. The van der Waals surface area contributed by atoms with Crippen LogP contribution in [-0.2, 0) is 9.59 Å². The molecule has 0 aliphatic rings. The number of carboxylic acid groups (broad SMARTS) is 1. The van der Waals surface area contributed by atoms with Crippen LogP contribution in [0, 0.1) is 12.8 Å². The Morgan fingerprint density at radius 3 is 2.26 bits per heavy atom. The zero-order chi connectivity index (χ0) is 14.4. The molecule has 0 fully saturated rings. The van der Waals surface area contributed by atoms with Crippen LogP contribution in [0.2, 0.25) is 0 Å². The van der Waals surface area contributed by atoms with Gasteiger partial charge in [0.1, 0.15) is 6.04 Å². The van der Waals surface area contributed by atoms with Crippen LogP contribution in [0.5, 0.6) is 0 Å². The van der Waals surface area contributed by atoms with Crippen LogP contribution < -0.4 is 10.6 Å². The number of hydrogen-bond acceptors (Lipinski definition) is 3. The Hall–Kier alpha value is -1.88. The SMILES string of the molecule is Cc1ccc(NC(=O)CNC(C(=O)O)C(C)C)cc1. The number of hydrogen-bond donors (Lipinski definition) is 3. The number of anilines is 1. The van der Waals surface area contributed by atoms with Gasteiger partial charge in [-0.2, -0.15) is 0 Å². The molecule has 1 atom stereocenters. The molecular weight excluding hydrogens is 244 g/mol. The molecule has 1 unspecified atom stereocenters. The maximum absolute atomic E-state index is 11.7. The predicted molar refractivity (Wildman–Crippen MR) is 74.1 cm³/mol. The van der Waals surface area contributed by atoms with Crippen molar-refractivity contribution in [2.45, 2.75) is 26.8 Å². The minimum atomic E-state index is -0.946. The zero-order valence-corrected chi connectivity index (χ0v) is 11.4. The molecule has 0 saturated heterocycles. The molecule has 5 heteroatoms. The lowest BCUT2D eigenvalue weighted by Gasteiger charge is -2.17. The van der Waals surface area contributed by atoms with E-state index >= 15 is 0 Å². The molecule has 0 bridgehead atoms. The van der Waals surface area contributed by atoms with E-state index in [1.807, 2.05) is 31.2 Å². The highest BCUT2D eigenvalue weighted by Crippen LogP contribution is 2.08. The number of carbonyl (C=O) groups excluding carboxylic acids is 1. The van der Waals surface area contributed by atoms with Gasteiger partial charge in [0.2, 0.25) is 5.91 Å². The third-order valence-corrected chi connectivity index (χ3v) is 2.75. The third kappa shape index (κ3) is 5.09. The van der Waals surface area contributed by atoms with Gasteiger partial charge in [0.05, 0.1) is 6.54 Å². The highest BCUT2D eigenvalue weighted by atomic mass is 16.4. The smallest absolute Gasteiger partial charge is 0.320 e. The fourth-order valence-electron chi connectivity index (χ4n) is 1.65. The maximum atomic E-state index is 11.7. The van der Waals surface area contributed by atoms with E-state index in [1.54, 1.807) is 13.8 Å². The van der Waals surface area contributed by atoms with Crippen molar-refractivity contribution in [2.24, 2.45) is 5.92 Å². The summed E-state index contributed by atoms with van der Waals surface area (Å²) in [5, 5.41) is 14.4. The molecule has 0 saturated carbocycles. The van der Waals surface area contributed by atoms with Crippen molar-refractivity contribution in [1.82, 2.24) is 5.32 Å². The summed E-state index contributed by atoms with van der Waals surface area (Å²) in [7, 11) is 0. The Morgan fingerprint density at radius 1 is 1.21 bits per heavy atom. The zero-order valence-electron chi connectivity index (χ0n) is 11.4. The fraction of sp³-hybridized carbons (Fsp3) is 0.429. The lowest BCUT2D eigenvalue weighted by atomic mass is 10.1. The summed E-state index contributed by atoms with van der Waals surface area (Å²) in [4.78, 5) is 22.6. The van der Waals surface area contributed by atoms with Crippen LogP contribution >= 0.6 is 0 Å². The molecule has 1 aromatic carbocycles. The van der Waals surface area contributed by atoms with Gasteiger partial charge in [-0.05, 0) is 25.0 Å². The number of carbonyl (C=O) groups is 2. The molecule has 5 nitrogen and oxygen atoms in total. The Kier molecular flexibility index (Phi) is 5.51. The number of nitrogens with one attached hydrogen (secondary N) is 2. The molecule has 19 heavy (non-hydrogen) atoms. The average molecular weight is 264 g/mol. The van der Waals surface area contributed by atoms with Gasteiger partial charge < -0.3 is 10.4 Å². The van der Waals surface area contributed by atoms with Crippen LogP contribution in [0.15, 0.2) is 24.3 Å². The second-order valence-corrected chi connectivity index (χ2v) is 4.86. The average Bonchev–Trinajstić information content (AvgIpc) is 2.31. The summed E-state index contributed by atoms with van der Waals surface area (Å²) in [5.41, 5.74) is 1.82. The van der Waals surface area contributed by atoms with E-state index in [0.29, 0.717) is 5.69 Å². The molecule has 3 N–H and O–H groups in total. The quantitative estimate of drug-likeness (QED) is 0.729. The van der Waals surface area contributed by atoms with Crippen molar-refractivity contribution in [1.29, 1.82) is 0 Å². The number of aliphatic carboxylic acids is 1. The van der Waals surface area contributed by atoms with E-state index in [9.17, 15) is 9.59 Å². The number of aryl methyl sites for hydroxylation is 1. The van der Waals surface area contributed by atoms with Crippen LogP contribution in [0.3, 0.4) is 0 Å². The first-order valence-electron chi connectivity index (χ1n) is 6.23. The van der Waals surface area contributed by atoms with Crippen LogP contribution in [0.25, 0.3) is 0 Å². The van der Waals surface area contributed by atoms with Gasteiger partial charge in [0.25, 0.3) is 0 Å². The topological polar surface area (TPSA) is 78.4 Å². The maximum Gasteiger partial charge on any atom is 0.320 e. The minimum absolute atomic E-state index is 0.0248. The van der Waals surface area contributed by atoms with Gasteiger partial charge in [0, 0.05) is 5.69 Å². The normalized spacial score (nSPS) is 12.2. The van der Waals surface area contributed by atoms with E-state index in [4.69, 9.17) is 5.11 Å². The van der Waals surface area contributed by atoms with E-state index in [2.05, 4.69) is 10.6 Å². The second kappa shape index (κ2) is 6.89. The largest absolute Gasteiger partial charge is 0.480 e. The van der Waals surface area contributed by atoms with Crippen molar-refractivity contribution in [2.75, 3.05) is 11.9 Å². The highest BCUT2D eigenvalue weighted by Gasteiger charge is 2.21. The summed E-state index contributed by atoms with van der Waals surface area (Å²) in [6, 6.07) is 6.70. The molecule has 0 spiro atoms. The summed E-state index contributed by atoms with van der Waals surface area (Å²) in [5.74, 6) is -1.28. The number of carboxylic acids is 1. The van der Waals surface area contributed by atoms with E-state index in [1.165, 1.54) is 0 Å². The molecule has 1 aromatic rings. The van der Waals surface area contributed by atoms with Gasteiger partial charge in [0.15, 0.2) is 0 Å². The molecule has 0 aliphatic carbocycles. The van der Waals surface area contributed by atoms with E-state index < -0.39 is 12.0 Å². The first-order chi connectivity index (χ1) is 8.90. The van der Waals surface area contributed by atoms with Crippen LogP contribution in [0.4, 0.5) is 5.69 Å². The lowest BCUT2D eigenvalue weighted by molar-refractivity contribution is -0.140. The van der Waals surface area contributed by atoms with Gasteiger partial charge in [-0.1, -0.05) is 31.5 Å². The standard InChI is InChI=1S/C14H20N2O3/c1-9(2)13(14(18)19)15-8-12(17)16-11-6-4-10(3)5-7-11/h4-7,9,13,15H,8H2,1-3H3,(H,16,17)(H,18,19). The Bertz CT molecular complexity index is 441. The Balaban J connectivity index is 2.47. The molecule has 1 rings (SSSR count). The van der Waals surface area contributed by atoms with E-state index in [0.717, 1.165) is 5.56 Å². The molecule has 0 heterocycles. The van der Waals surface area contributed by atoms with Crippen molar-refractivity contribution >= 4 is 17.6 Å². The highest BCUT2D eigenvalue weighted by molar-refractivity contribution is 5.92. The van der Waals surface area contributed by atoms with Crippen molar-refractivity contribution in [3.8, 4) is 0 Å². The summed E-state index contributed by atoms with van der Waals surface area (Å²) >= 11 is 0. The van der Waals surface area contributed by atoms with Crippen molar-refractivity contribution in [3.05, 3.63) is 29.8 Å². The van der Waals surface area contributed by atoms with Crippen molar-refractivity contribution < 1.29 is 14.7 Å². The van der Waals surface area contributed by atoms with Crippen LogP contribution in [-0.4, -0.2) is 29.6 Å². The number of rotatable bonds is 6. The van der Waals surface area contributed by atoms with E-state index in [-0.39, 0.29) is 18.4 Å².